The van der Waals surface area contributed by atoms with Crippen molar-refractivity contribution in [1.29, 1.82) is 0 Å². The lowest BCUT2D eigenvalue weighted by molar-refractivity contribution is 0.475. The summed E-state index contributed by atoms with van der Waals surface area (Å²) in [4.78, 5) is 0. The molecule has 6 heteroatoms. The lowest BCUT2D eigenvalue weighted by atomic mass is 10.2. The minimum Gasteiger partial charge on any atom is -0.508 e. The zero-order valence-electron chi connectivity index (χ0n) is 7.44. The smallest absolute Gasteiger partial charge is 0.149 e. The van der Waals surface area contributed by atoms with Crippen LogP contribution in [0.15, 0.2) is 18.2 Å². The van der Waals surface area contributed by atoms with Crippen LogP contribution in [0.1, 0.15) is 5.01 Å². The average Bonchev–Trinajstić information content (AvgIpc) is 2.70. The van der Waals surface area contributed by atoms with Crippen LogP contribution in [0.2, 0.25) is 5.02 Å². The Hall–Kier alpha value is -0.840. The van der Waals surface area contributed by atoms with Crippen LogP contribution in [-0.4, -0.2) is 15.3 Å². The molecule has 0 saturated carbocycles. The van der Waals surface area contributed by atoms with Gasteiger partial charge in [-0.2, -0.15) is 0 Å². The number of halogens is 2. The summed E-state index contributed by atoms with van der Waals surface area (Å²) in [6, 6.07) is 4.70. The van der Waals surface area contributed by atoms with Gasteiger partial charge in [0.1, 0.15) is 15.8 Å². The second-order valence-corrected chi connectivity index (χ2v) is 4.54. The van der Waals surface area contributed by atoms with E-state index in [2.05, 4.69) is 10.2 Å². The number of phenolic OH excluding ortho intramolecular Hbond substituents is 1. The second-order valence-electron chi connectivity index (χ2n) is 2.80. The molecule has 78 valence electrons. The summed E-state index contributed by atoms with van der Waals surface area (Å²) in [6.45, 7) is 0. The Morgan fingerprint density at radius 3 is 2.80 bits per heavy atom. The van der Waals surface area contributed by atoms with Gasteiger partial charge >= 0.3 is 0 Å². The first-order valence-electron chi connectivity index (χ1n) is 4.08. The fourth-order valence-corrected chi connectivity index (χ4v) is 2.29. The maximum Gasteiger partial charge on any atom is 0.149 e. The molecule has 0 radical (unpaired) electrons. The third-order valence-corrected chi connectivity index (χ3v) is 3.46. The molecule has 1 aromatic carbocycles. The Morgan fingerprint density at radius 2 is 2.13 bits per heavy atom. The maximum atomic E-state index is 9.33. The van der Waals surface area contributed by atoms with Gasteiger partial charge in [0.05, 0.1) is 10.9 Å². The van der Waals surface area contributed by atoms with Gasteiger partial charge in [-0.1, -0.05) is 22.9 Å². The number of hydrogen-bond acceptors (Lipinski definition) is 4. The van der Waals surface area contributed by atoms with Crippen molar-refractivity contribution in [1.82, 2.24) is 10.2 Å². The van der Waals surface area contributed by atoms with Crippen molar-refractivity contribution in [2.75, 3.05) is 0 Å². The third-order valence-electron chi connectivity index (χ3n) is 1.76. The molecule has 1 N–H and O–H groups in total. The van der Waals surface area contributed by atoms with Crippen molar-refractivity contribution in [2.24, 2.45) is 0 Å². The maximum absolute atomic E-state index is 9.33. The fraction of sp³-hybridized carbons (Fsp3) is 0.111. The van der Waals surface area contributed by atoms with E-state index in [9.17, 15) is 5.11 Å². The zero-order valence-corrected chi connectivity index (χ0v) is 9.77. The summed E-state index contributed by atoms with van der Waals surface area (Å²) in [7, 11) is 0. The normalized spacial score (nSPS) is 10.5. The summed E-state index contributed by atoms with van der Waals surface area (Å²) in [5, 5.41) is 19.1. The van der Waals surface area contributed by atoms with E-state index in [1.54, 1.807) is 12.1 Å². The number of hydrogen-bond donors (Lipinski definition) is 1. The monoisotopic (exact) mass is 260 g/mol. The van der Waals surface area contributed by atoms with E-state index >= 15 is 0 Å². The molecule has 0 unspecified atom stereocenters. The summed E-state index contributed by atoms with van der Waals surface area (Å²) in [5.41, 5.74) is 0.672. The number of alkyl halides is 1. The van der Waals surface area contributed by atoms with Gasteiger partial charge in [0.25, 0.3) is 0 Å². The molecule has 0 fully saturated rings. The van der Waals surface area contributed by atoms with Gasteiger partial charge in [-0.05, 0) is 18.2 Å². The van der Waals surface area contributed by atoms with Crippen LogP contribution in [0.4, 0.5) is 0 Å². The van der Waals surface area contributed by atoms with Crippen molar-refractivity contribution in [2.45, 2.75) is 5.88 Å². The number of rotatable bonds is 2. The molecular formula is C9H6Cl2N2OS. The van der Waals surface area contributed by atoms with Crippen LogP contribution in [-0.2, 0) is 5.88 Å². The Balaban J connectivity index is 2.48. The SMILES string of the molecule is Oc1ccc(Cl)c(-c2nnc(CCl)s2)c1. The lowest BCUT2D eigenvalue weighted by Gasteiger charge is -1.99. The first-order chi connectivity index (χ1) is 7.20. The minimum atomic E-state index is 0.150. The highest BCUT2D eigenvalue weighted by atomic mass is 35.5. The molecule has 1 aromatic heterocycles. The second kappa shape index (κ2) is 4.35. The van der Waals surface area contributed by atoms with Crippen molar-refractivity contribution in [3.63, 3.8) is 0 Å². The molecule has 0 amide bonds. The average molecular weight is 261 g/mol. The van der Waals surface area contributed by atoms with Crippen LogP contribution < -0.4 is 0 Å². The highest BCUT2D eigenvalue weighted by Crippen LogP contribution is 2.33. The zero-order chi connectivity index (χ0) is 10.8. The van der Waals surface area contributed by atoms with E-state index in [0.717, 1.165) is 5.01 Å². The van der Waals surface area contributed by atoms with E-state index in [1.807, 2.05) is 0 Å². The van der Waals surface area contributed by atoms with Gasteiger partial charge in [-0.3, -0.25) is 0 Å². The molecule has 0 saturated heterocycles. The van der Waals surface area contributed by atoms with Crippen LogP contribution in [0.25, 0.3) is 10.6 Å². The molecule has 0 bridgehead atoms. The Morgan fingerprint density at radius 1 is 1.33 bits per heavy atom. The van der Waals surface area contributed by atoms with E-state index in [0.29, 0.717) is 21.5 Å². The van der Waals surface area contributed by atoms with Crippen LogP contribution in [0, 0.1) is 0 Å². The van der Waals surface area contributed by atoms with Gasteiger partial charge < -0.3 is 5.11 Å². The molecule has 0 aliphatic heterocycles. The molecule has 15 heavy (non-hydrogen) atoms. The molecule has 2 rings (SSSR count). The highest BCUT2D eigenvalue weighted by molar-refractivity contribution is 7.14. The first kappa shape index (κ1) is 10.7. The Labute approximate surface area is 100 Å². The lowest BCUT2D eigenvalue weighted by Crippen LogP contribution is -1.79. The first-order valence-corrected chi connectivity index (χ1v) is 5.81. The predicted octanol–water partition coefficient (Wildman–Crippen LogP) is 3.30. The van der Waals surface area contributed by atoms with Gasteiger partial charge in [0.2, 0.25) is 0 Å². The Bertz CT molecular complexity index is 487. The number of phenols is 1. The van der Waals surface area contributed by atoms with Crippen LogP contribution >= 0.6 is 34.5 Å². The highest BCUT2D eigenvalue weighted by Gasteiger charge is 2.10. The molecule has 0 aliphatic carbocycles. The molecule has 0 atom stereocenters. The number of benzene rings is 1. The van der Waals surface area contributed by atoms with Gasteiger partial charge in [-0.25, -0.2) is 0 Å². The molecule has 0 aliphatic rings. The molecule has 0 spiro atoms. The minimum absolute atomic E-state index is 0.150. The van der Waals surface area contributed by atoms with E-state index in [1.165, 1.54) is 17.4 Å². The number of aromatic nitrogens is 2. The Kier molecular flexibility index (Phi) is 3.09. The predicted molar refractivity (Wildman–Crippen MR) is 61.6 cm³/mol. The molecule has 2 aromatic rings. The van der Waals surface area contributed by atoms with Crippen molar-refractivity contribution >= 4 is 34.5 Å². The van der Waals surface area contributed by atoms with Crippen molar-refractivity contribution in [3.8, 4) is 16.3 Å². The third kappa shape index (κ3) is 2.22. The van der Waals surface area contributed by atoms with Gasteiger partial charge in [-0.15, -0.1) is 21.8 Å². The molecular weight excluding hydrogens is 255 g/mol. The summed E-state index contributed by atoms with van der Waals surface area (Å²) < 4.78 is 0. The summed E-state index contributed by atoms with van der Waals surface area (Å²) in [6.07, 6.45) is 0. The standard InChI is InChI=1S/C9H6Cl2N2OS/c10-4-8-12-13-9(15-8)6-3-5(14)1-2-7(6)11/h1-3,14H,4H2. The molecule has 1 heterocycles. The van der Waals surface area contributed by atoms with Crippen LogP contribution in [0.3, 0.4) is 0 Å². The van der Waals surface area contributed by atoms with Crippen molar-refractivity contribution < 1.29 is 5.11 Å². The quantitative estimate of drug-likeness (QED) is 0.843. The van der Waals surface area contributed by atoms with Crippen molar-refractivity contribution in [3.05, 3.63) is 28.2 Å². The number of nitrogens with zero attached hydrogens (tertiary/aromatic N) is 2. The van der Waals surface area contributed by atoms with Crippen LogP contribution in [0.5, 0.6) is 5.75 Å². The van der Waals surface area contributed by atoms with E-state index in [-0.39, 0.29) is 5.75 Å². The topological polar surface area (TPSA) is 46.0 Å². The summed E-state index contributed by atoms with van der Waals surface area (Å²) in [5.74, 6) is 0.478. The largest absolute Gasteiger partial charge is 0.508 e. The van der Waals surface area contributed by atoms with E-state index in [4.69, 9.17) is 23.2 Å². The fourth-order valence-electron chi connectivity index (χ4n) is 1.09. The van der Waals surface area contributed by atoms with Gasteiger partial charge in [0.15, 0.2) is 0 Å². The molecule has 3 nitrogen and oxygen atoms in total. The van der Waals surface area contributed by atoms with Gasteiger partial charge in [0, 0.05) is 5.56 Å². The number of aromatic hydroxyl groups is 1. The summed E-state index contributed by atoms with van der Waals surface area (Å²) >= 11 is 13.0. The van der Waals surface area contributed by atoms with E-state index < -0.39 is 0 Å².